The normalized spacial score (nSPS) is 12.8. The zero-order chi connectivity index (χ0) is 37.1. The number of benzene rings is 8. The molecule has 262 valence electrons. The van der Waals surface area contributed by atoms with E-state index in [1.54, 1.807) is 11.3 Å². The minimum absolute atomic E-state index is 0.570. The highest BCUT2D eigenvalue weighted by Gasteiger charge is 2.46. The van der Waals surface area contributed by atoms with E-state index in [9.17, 15) is 0 Å². The molecule has 0 radical (unpaired) electrons. The summed E-state index contributed by atoms with van der Waals surface area (Å²) in [7, 11) is 0. The monoisotopic (exact) mass is 731 g/mol. The van der Waals surface area contributed by atoms with Crippen LogP contribution in [0, 0.1) is 0 Å². The van der Waals surface area contributed by atoms with Crippen LogP contribution in [0.4, 0.5) is 0 Å². The molecular weight excluding hydrogens is 699 g/mol. The third kappa shape index (κ3) is 5.00. The molecule has 0 fully saturated rings. The maximum Gasteiger partial charge on any atom is 0.165 e. The van der Waals surface area contributed by atoms with Crippen LogP contribution >= 0.6 is 11.3 Å². The van der Waals surface area contributed by atoms with E-state index in [0.717, 1.165) is 27.8 Å². The van der Waals surface area contributed by atoms with Crippen LogP contribution in [0.2, 0.25) is 0 Å². The Balaban J connectivity index is 1.25. The number of rotatable bonds is 6. The van der Waals surface area contributed by atoms with Gasteiger partial charge in [0.2, 0.25) is 0 Å². The Labute approximate surface area is 329 Å². The molecule has 1 aliphatic carbocycles. The van der Waals surface area contributed by atoms with Crippen LogP contribution in [-0.4, -0.2) is 15.0 Å². The van der Waals surface area contributed by atoms with Crippen molar-refractivity contribution in [1.29, 1.82) is 0 Å². The average Bonchev–Trinajstić information content (AvgIpc) is 3.81. The average molecular weight is 732 g/mol. The summed E-state index contributed by atoms with van der Waals surface area (Å²) in [6.07, 6.45) is 0. The molecule has 4 heteroatoms. The maximum absolute atomic E-state index is 5.46. The number of hydrogen-bond acceptors (Lipinski definition) is 4. The lowest BCUT2D eigenvalue weighted by atomic mass is 9.67. The first-order valence-electron chi connectivity index (χ1n) is 18.9. The highest BCUT2D eigenvalue weighted by molar-refractivity contribution is 7.26. The van der Waals surface area contributed by atoms with Gasteiger partial charge in [0, 0.05) is 36.9 Å². The van der Waals surface area contributed by atoms with E-state index in [0.29, 0.717) is 17.5 Å². The minimum atomic E-state index is -0.570. The molecule has 1 aliphatic rings. The maximum atomic E-state index is 5.46. The first-order chi connectivity index (χ1) is 27.8. The Hall–Kier alpha value is -7.01. The van der Waals surface area contributed by atoms with Crippen molar-refractivity contribution in [3.63, 3.8) is 0 Å². The van der Waals surface area contributed by atoms with Crippen LogP contribution in [0.5, 0.6) is 0 Å². The predicted octanol–water partition coefficient (Wildman–Crippen LogP) is 13.3. The highest BCUT2D eigenvalue weighted by atomic mass is 32.1. The van der Waals surface area contributed by atoms with E-state index in [1.807, 2.05) is 18.2 Å². The fourth-order valence-electron chi connectivity index (χ4n) is 8.79. The van der Waals surface area contributed by atoms with Crippen LogP contribution in [0.3, 0.4) is 0 Å². The topological polar surface area (TPSA) is 38.7 Å². The molecule has 0 saturated heterocycles. The first-order valence-corrected chi connectivity index (χ1v) is 19.8. The van der Waals surface area contributed by atoms with E-state index in [4.69, 9.17) is 15.0 Å². The van der Waals surface area contributed by atoms with Gasteiger partial charge in [0.05, 0.1) is 5.41 Å². The zero-order valence-corrected chi connectivity index (χ0v) is 31.1. The van der Waals surface area contributed by atoms with E-state index in [2.05, 4.69) is 182 Å². The van der Waals surface area contributed by atoms with Crippen molar-refractivity contribution >= 4 is 31.5 Å². The third-order valence-corrected chi connectivity index (χ3v) is 12.5. The van der Waals surface area contributed by atoms with E-state index >= 15 is 0 Å². The summed E-state index contributed by atoms with van der Waals surface area (Å²) in [4.78, 5) is 16.1. The first kappa shape index (κ1) is 32.4. The van der Waals surface area contributed by atoms with Crippen molar-refractivity contribution in [2.24, 2.45) is 0 Å². The fourth-order valence-corrected chi connectivity index (χ4v) is 10.00. The number of aromatic nitrogens is 3. The van der Waals surface area contributed by atoms with Gasteiger partial charge in [-0.2, -0.15) is 0 Å². The van der Waals surface area contributed by atoms with Gasteiger partial charge in [-0.3, -0.25) is 0 Å². The zero-order valence-electron chi connectivity index (χ0n) is 30.3. The lowest BCUT2D eigenvalue weighted by molar-refractivity contribution is 0.768. The summed E-state index contributed by atoms with van der Waals surface area (Å²) in [6.45, 7) is 0. The van der Waals surface area contributed by atoms with E-state index < -0.39 is 5.41 Å². The van der Waals surface area contributed by atoms with Gasteiger partial charge in [-0.25, -0.2) is 15.0 Å². The van der Waals surface area contributed by atoms with Crippen molar-refractivity contribution in [2.75, 3.05) is 0 Å². The number of thiophene rings is 1. The molecular formula is C52H33N3S. The lowest BCUT2D eigenvalue weighted by Crippen LogP contribution is -2.28. The van der Waals surface area contributed by atoms with Gasteiger partial charge in [0.15, 0.2) is 17.5 Å². The Bertz CT molecular complexity index is 3030. The van der Waals surface area contributed by atoms with Crippen LogP contribution < -0.4 is 0 Å². The summed E-state index contributed by atoms with van der Waals surface area (Å²) < 4.78 is 2.42. The highest BCUT2D eigenvalue weighted by Crippen LogP contribution is 2.58. The molecule has 2 aromatic heterocycles. The third-order valence-electron chi connectivity index (χ3n) is 11.2. The molecule has 0 atom stereocenters. The lowest BCUT2D eigenvalue weighted by Gasteiger charge is -2.34. The van der Waals surface area contributed by atoms with Gasteiger partial charge in [-0.05, 0) is 68.8 Å². The number of fused-ring (bicyclic) bond motifs is 6. The number of hydrogen-bond donors (Lipinski definition) is 0. The quantitative estimate of drug-likeness (QED) is 0.171. The molecule has 0 N–H and O–H groups in total. The summed E-state index contributed by atoms with van der Waals surface area (Å²) in [5.41, 5.74) is 11.9. The molecule has 3 nitrogen and oxygen atoms in total. The Morgan fingerprint density at radius 1 is 0.339 bits per heavy atom. The predicted molar refractivity (Wildman–Crippen MR) is 232 cm³/mol. The van der Waals surface area contributed by atoms with Gasteiger partial charge in [0.1, 0.15) is 0 Å². The van der Waals surface area contributed by atoms with Crippen molar-refractivity contribution in [3.05, 3.63) is 222 Å². The molecule has 0 spiro atoms. The Morgan fingerprint density at radius 3 is 1.59 bits per heavy atom. The molecule has 0 saturated carbocycles. The van der Waals surface area contributed by atoms with Gasteiger partial charge >= 0.3 is 0 Å². The Morgan fingerprint density at radius 2 is 0.875 bits per heavy atom. The molecule has 8 aromatic carbocycles. The van der Waals surface area contributed by atoms with Crippen LogP contribution in [0.1, 0.15) is 22.3 Å². The molecule has 0 bridgehead atoms. The van der Waals surface area contributed by atoms with Crippen LogP contribution in [-0.2, 0) is 5.41 Å². The molecule has 0 unspecified atom stereocenters. The molecule has 56 heavy (non-hydrogen) atoms. The molecule has 0 aliphatic heterocycles. The second-order valence-corrected chi connectivity index (χ2v) is 15.3. The van der Waals surface area contributed by atoms with E-state index in [1.165, 1.54) is 53.6 Å². The van der Waals surface area contributed by atoms with Gasteiger partial charge in [-0.1, -0.05) is 176 Å². The fraction of sp³-hybridized carbons (Fsp3) is 0.0192. The van der Waals surface area contributed by atoms with Crippen molar-refractivity contribution in [3.8, 4) is 56.4 Å². The largest absolute Gasteiger partial charge is 0.208 e. The minimum Gasteiger partial charge on any atom is -0.208 e. The summed E-state index contributed by atoms with van der Waals surface area (Å²) >= 11 is 1.79. The van der Waals surface area contributed by atoms with Gasteiger partial charge in [-0.15, -0.1) is 11.3 Å². The van der Waals surface area contributed by atoms with Crippen molar-refractivity contribution in [2.45, 2.75) is 5.41 Å². The summed E-state index contributed by atoms with van der Waals surface area (Å²) in [6, 6.07) is 71.6. The van der Waals surface area contributed by atoms with Crippen LogP contribution in [0.25, 0.3) is 76.6 Å². The van der Waals surface area contributed by atoms with Crippen molar-refractivity contribution in [1.82, 2.24) is 15.0 Å². The second kappa shape index (κ2) is 13.1. The molecule has 0 amide bonds. The summed E-state index contributed by atoms with van der Waals surface area (Å²) in [5.74, 6) is 1.94. The molecule has 2 heterocycles. The van der Waals surface area contributed by atoms with Gasteiger partial charge < -0.3 is 0 Å². The van der Waals surface area contributed by atoms with E-state index in [-0.39, 0.29) is 0 Å². The molecule has 11 rings (SSSR count). The smallest absolute Gasteiger partial charge is 0.165 e. The second-order valence-electron chi connectivity index (χ2n) is 14.3. The number of nitrogens with zero attached hydrogens (tertiary/aromatic N) is 3. The standard InChI is InChI=1S/C52H33N3S/c1-5-18-34(19-6-1)42-32-43-38-26-13-15-30-45(38)52(36-22-9-3-10-23-36,37-24-11-4-12-25-37)46(43)33-44(42)51-54-49(35-20-7-2-8-21-35)53-50(55-51)41-29-17-28-40-39-27-14-16-31-47(39)56-48(40)41/h1-33H. The Kier molecular flexibility index (Phi) is 7.58. The van der Waals surface area contributed by atoms with Crippen LogP contribution in [0.15, 0.2) is 200 Å². The van der Waals surface area contributed by atoms with Gasteiger partial charge in [0.25, 0.3) is 0 Å². The summed E-state index contributed by atoms with van der Waals surface area (Å²) in [5, 5.41) is 2.46. The van der Waals surface area contributed by atoms with Crippen molar-refractivity contribution < 1.29 is 0 Å². The molecule has 10 aromatic rings. The SMILES string of the molecule is c1ccc(-c2nc(-c3cc4c(cc3-c3ccccc3)-c3ccccc3C4(c3ccccc3)c3ccccc3)nc(-c3cccc4c3sc3ccccc34)n2)cc1.